The number of hydrogen-bond donors (Lipinski definition) is 0. The lowest BCUT2D eigenvalue weighted by atomic mass is 10.1. The van der Waals surface area contributed by atoms with E-state index in [9.17, 15) is 4.79 Å². The molecule has 13 heavy (non-hydrogen) atoms. The van der Waals surface area contributed by atoms with Crippen LogP contribution >= 0.6 is 0 Å². The molecule has 1 unspecified atom stereocenters. The van der Waals surface area contributed by atoms with E-state index in [1.807, 2.05) is 30.3 Å². The van der Waals surface area contributed by atoms with Gasteiger partial charge in [-0.05, 0) is 5.56 Å². The lowest BCUT2D eigenvalue weighted by Gasteiger charge is -2.13. The molecule has 0 fully saturated rings. The molecule has 1 aromatic rings. The van der Waals surface area contributed by atoms with Crippen LogP contribution in [0.5, 0.6) is 0 Å². The van der Waals surface area contributed by atoms with Crippen LogP contribution in [0.3, 0.4) is 0 Å². The molecule has 3 heteroatoms. The fourth-order valence-corrected chi connectivity index (χ4v) is 1.08. The van der Waals surface area contributed by atoms with Crippen LogP contribution in [0.4, 0.5) is 0 Å². The van der Waals surface area contributed by atoms with Gasteiger partial charge in [-0.1, -0.05) is 30.3 Å². The Morgan fingerprint density at radius 3 is 2.62 bits per heavy atom. The Bertz CT molecular complexity index is 246. The summed E-state index contributed by atoms with van der Waals surface area (Å²) < 4.78 is 9.64. The van der Waals surface area contributed by atoms with Crippen LogP contribution in [0.1, 0.15) is 11.7 Å². The van der Waals surface area contributed by atoms with Crippen molar-refractivity contribution in [1.82, 2.24) is 0 Å². The minimum Gasteiger partial charge on any atom is -0.454 e. The molecule has 0 spiro atoms. The summed E-state index contributed by atoms with van der Waals surface area (Å²) in [5.41, 5.74) is 0.986. The average Bonchev–Trinajstić information content (AvgIpc) is 2.21. The third-order valence-corrected chi connectivity index (χ3v) is 1.75. The van der Waals surface area contributed by atoms with Crippen LogP contribution in [-0.4, -0.2) is 20.2 Å². The van der Waals surface area contributed by atoms with Crippen molar-refractivity contribution in [3.8, 4) is 0 Å². The fraction of sp³-hybridized carbons (Fsp3) is 0.300. The summed E-state index contributed by atoms with van der Waals surface area (Å²) in [6.45, 7) is 1.57. The third kappa shape index (κ3) is 2.87. The number of methoxy groups -OCH3 is 1. The Morgan fingerprint density at radius 2 is 2.08 bits per heavy atom. The molecule has 69 valence electrons. The van der Waals surface area contributed by atoms with Gasteiger partial charge in [0.05, 0.1) is 0 Å². The minimum atomic E-state index is -0.206. The van der Waals surface area contributed by atoms with Gasteiger partial charge in [0.15, 0.2) is 0 Å². The number of rotatable bonds is 5. The highest BCUT2D eigenvalue weighted by Crippen LogP contribution is 2.15. The molecule has 0 N–H and O–H groups in total. The lowest BCUT2D eigenvalue weighted by molar-refractivity contribution is 0.0519. The van der Waals surface area contributed by atoms with Crippen molar-refractivity contribution < 1.29 is 14.3 Å². The molecule has 0 aliphatic rings. The van der Waals surface area contributed by atoms with Gasteiger partial charge >= 0.3 is 6.47 Å². The molecular weight excluding hydrogens is 168 g/mol. The Balaban J connectivity index is 2.61. The number of benzene rings is 1. The lowest BCUT2D eigenvalue weighted by Crippen LogP contribution is -2.09. The molecule has 1 radical (unpaired) electrons. The van der Waals surface area contributed by atoms with E-state index in [0.717, 1.165) is 5.56 Å². The van der Waals surface area contributed by atoms with E-state index in [1.54, 1.807) is 7.11 Å². The van der Waals surface area contributed by atoms with Gasteiger partial charge in [0.2, 0.25) is 0 Å². The molecule has 0 saturated carbocycles. The number of hydrogen-bond acceptors (Lipinski definition) is 3. The van der Waals surface area contributed by atoms with Crippen molar-refractivity contribution >= 4 is 6.47 Å². The van der Waals surface area contributed by atoms with Crippen molar-refractivity contribution in [2.24, 2.45) is 0 Å². The van der Waals surface area contributed by atoms with Crippen LogP contribution in [0.15, 0.2) is 30.3 Å². The Labute approximate surface area is 77.3 Å². The first-order valence-corrected chi connectivity index (χ1v) is 3.95. The molecule has 0 saturated heterocycles. The second-order valence-corrected chi connectivity index (χ2v) is 2.53. The molecule has 0 heterocycles. The van der Waals surface area contributed by atoms with Gasteiger partial charge in [-0.15, -0.1) is 0 Å². The second-order valence-electron chi connectivity index (χ2n) is 2.53. The third-order valence-electron chi connectivity index (χ3n) is 1.75. The van der Waals surface area contributed by atoms with Crippen molar-refractivity contribution in [3.63, 3.8) is 0 Å². The first-order valence-electron chi connectivity index (χ1n) is 3.95. The zero-order valence-corrected chi connectivity index (χ0v) is 7.40. The summed E-state index contributed by atoms with van der Waals surface area (Å²) in [6, 6.07) is 9.57. The molecule has 0 amide bonds. The molecule has 0 aliphatic heterocycles. The summed E-state index contributed by atoms with van der Waals surface area (Å²) in [7, 11) is 1.58. The van der Waals surface area contributed by atoms with Gasteiger partial charge in [-0.3, -0.25) is 0 Å². The Hall–Kier alpha value is -1.35. The molecule has 3 nitrogen and oxygen atoms in total. The summed E-state index contributed by atoms with van der Waals surface area (Å²) in [4.78, 5) is 9.85. The van der Waals surface area contributed by atoms with E-state index in [4.69, 9.17) is 4.74 Å². The maximum absolute atomic E-state index is 9.85. The molecule has 1 rings (SSSR count). The topological polar surface area (TPSA) is 35.5 Å². The zero-order chi connectivity index (χ0) is 9.52. The largest absolute Gasteiger partial charge is 0.454 e. The molecular formula is C10H11O3. The minimum absolute atomic E-state index is 0.198. The van der Waals surface area contributed by atoms with Gasteiger partial charge < -0.3 is 9.47 Å². The van der Waals surface area contributed by atoms with Crippen molar-refractivity contribution in [1.29, 1.82) is 0 Å². The average molecular weight is 179 g/mol. The van der Waals surface area contributed by atoms with Crippen molar-refractivity contribution in [3.05, 3.63) is 35.9 Å². The van der Waals surface area contributed by atoms with E-state index in [0.29, 0.717) is 0 Å². The maximum atomic E-state index is 9.85. The van der Waals surface area contributed by atoms with Gasteiger partial charge in [0.25, 0.3) is 0 Å². The van der Waals surface area contributed by atoms with E-state index in [2.05, 4.69) is 4.74 Å². The van der Waals surface area contributed by atoms with E-state index >= 15 is 0 Å². The highest BCUT2D eigenvalue weighted by Gasteiger charge is 2.09. The highest BCUT2D eigenvalue weighted by atomic mass is 16.5. The van der Waals surface area contributed by atoms with Crippen LogP contribution in [0, 0.1) is 0 Å². The Kier molecular flexibility index (Phi) is 3.99. The molecule has 0 bridgehead atoms. The summed E-state index contributed by atoms with van der Waals surface area (Å²) >= 11 is 0. The first-order chi connectivity index (χ1) is 6.38. The number of carbonyl (C=O) groups excluding carboxylic acids is 1. The van der Waals surface area contributed by atoms with E-state index in [-0.39, 0.29) is 12.7 Å². The van der Waals surface area contributed by atoms with E-state index < -0.39 is 0 Å². The van der Waals surface area contributed by atoms with Gasteiger partial charge in [0, 0.05) is 7.11 Å². The monoisotopic (exact) mass is 179 g/mol. The van der Waals surface area contributed by atoms with Crippen LogP contribution in [0.2, 0.25) is 0 Å². The first kappa shape index (κ1) is 9.74. The molecule has 1 aromatic carbocycles. The molecule has 1 atom stereocenters. The molecule has 0 aromatic heterocycles. The summed E-state index contributed by atoms with van der Waals surface area (Å²) in [6.07, 6.45) is -0.206. The fourth-order valence-electron chi connectivity index (χ4n) is 1.08. The predicted molar refractivity (Wildman–Crippen MR) is 47.8 cm³/mol. The zero-order valence-electron chi connectivity index (χ0n) is 7.40. The Morgan fingerprint density at radius 1 is 1.38 bits per heavy atom. The normalized spacial score (nSPS) is 12.1. The van der Waals surface area contributed by atoms with Gasteiger partial charge in [0.1, 0.15) is 12.7 Å². The standard InChI is InChI=1S/C10H11O3/c1-12-10(7-13-8-11)9-5-3-2-4-6-9/h2-6,10H,7H2,1H3. The van der Waals surface area contributed by atoms with Gasteiger partial charge in [-0.2, -0.15) is 0 Å². The summed E-state index contributed by atoms with van der Waals surface area (Å²) in [5, 5.41) is 0. The van der Waals surface area contributed by atoms with Crippen LogP contribution < -0.4 is 0 Å². The SMILES string of the molecule is COC(CO[C]=O)c1ccccc1. The van der Waals surface area contributed by atoms with E-state index in [1.165, 1.54) is 6.47 Å². The predicted octanol–water partition coefficient (Wildman–Crippen LogP) is 1.46. The molecule has 0 aliphatic carbocycles. The van der Waals surface area contributed by atoms with Gasteiger partial charge in [-0.25, -0.2) is 4.79 Å². The smallest absolute Gasteiger partial charge is 0.417 e. The van der Waals surface area contributed by atoms with Crippen molar-refractivity contribution in [2.75, 3.05) is 13.7 Å². The van der Waals surface area contributed by atoms with Crippen LogP contribution in [0.25, 0.3) is 0 Å². The second kappa shape index (κ2) is 5.32. The highest BCUT2D eigenvalue weighted by molar-refractivity contribution is 5.38. The quantitative estimate of drug-likeness (QED) is 0.686. The maximum Gasteiger partial charge on any atom is 0.417 e. The van der Waals surface area contributed by atoms with Crippen LogP contribution in [-0.2, 0) is 14.3 Å². The van der Waals surface area contributed by atoms with Crippen molar-refractivity contribution in [2.45, 2.75) is 6.10 Å². The summed E-state index contributed by atoms with van der Waals surface area (Å²) in [5.74, 6) is 0. The number of ether oxygens (including phenoxy) is 2.